The Bertz CT molecular complexity index is 601. The number of fused-ring (bicyclic) bond motifs is 1. The quantitative estimate of drug-likeness (QED) is 0.888. The maximum atomic E-state index is 12.1. The first-order valence-electron chi connectivity index (χ1n) is 6.49. The smallest absolute Gasteiger partial charge is 0.263 e. The fourth-order valence-corrected chi connectivity index (χ4v) is 2.06. The van der Waals surface area contributed by atoms with Crippen LogP contribution in [0.4, 0.5) is 5.69 Å². The Morgan fingerprint density at radius 1 is 1.30 bits per heavy atom. The van der Waals surface area contributed by atoms with Crippen molar-refractivity contribution in [1.82, 2.24) is 10.3 Å². The highest BCUT2D eigenvalue weighted by Crippen LogP contribution is 2.28. The zero-order valence-corrected chi connectivity index (χ0v) is 10.9. The molecule has 0 bridgehead atoms. The molecule has 1 aromatic carbocycles. The molecule has 1 aliphatic heterocycles. The minimum atomic E-state index is -0.508. The number of aromatic nitrogens is 1. The van der Waals surface area contributed by atoms with Crippen molar-refractivity contribution < 1.29 is 9.53 Å². The molecule has 2 N–H and O–H groups in total. The van der Waals surface area contributed by atoms with Crippen molar-refractivity contribution in [2.24, 2.45) is 0 Å². The van der Waals surface area contributed by atoms with Crippen molar-refractivity contribution >= 4 is 11.6 Å². The lowest BCUT2D eigenvalue weighted by molar-refractivity contribution is -0.127. The van der Waals surface area contributed by atoms with E-state index in [0.717, 1.165) is 11.3 Å². The summed E-state index contributed by atoms with van der Waals surface area (Å²) < 4.78 is 5.70. The van der Waals surface area contributed by atoms with Gasteiger partial charge in [0.15, 0.2) is 6.10 Å². The number of amides is 1. The normalized spacial score (nSPS) is 16.5. The molecule has 0 fully saturated rings. The predicted molar refractivity (Wildman–Crippen MR) is 75.4 cm³/mol. The van der Waals surface area contributed by atoms with Gasteiger partial charge in [-0.05, 0) is 29.8 Å². The van der Waals surface area contributed by atoms with Gasteiger partial charge in [-0.15, -0.1) is 0 Å². The van der Waals surface area contributed by atoms with Crippen molar-refractivity contribution in [3.05, 3.63) is 54.4 Å². The highest BCUT2D eigenvalue weighted by atomic mass is 16.5. The molecule has 1 atom stereocenters. The molecular formula is C15H15N3O2. The van der Waals surface area contributed by atoms with E-state index >= 15 is 0 Å². The number of benzene rings is 1. The summed E-state index contributed by atoms with van der Waals surface area (Å²) >= 11 is 0. The number of pyridine rings is 1. The van der Waals surface area contributed by atoms with E-state index in [4.69, 9.17) is 4.74 Å². The van der Waals surface area contributed by atoms with E-state index in [2.05, 4.69) is 15.6 Å². The van der Waals surface area contributed by atoms with E-state index in [1.807, 2.05) is 36.4 Å². The second kappa shape index (κ2) is 5.61. The van der Waals surface area contributed by atoms with Gasteiger partial charge in [0.25, 0.3) is 5.91 Å². The number of nitrogens with one attached hydrogen (secondary N) is 2. The van der Waals surface area contributed by atoms with E-state index < -0.39 is 6.10 Å². The Balaban J connectivity index is 1.59. The Hall–Kier alpha value is -2.56. The summed E-state index contributed by atoms with van der Waals surface area (Å²) in [6.45, 7) is 0.946. The van der Waals surface area contributed by atoms with Crippen molar-refractivity contribution in [3.8, 4) is 5.75 Å². The Labute approximate surface area is 117 Å². The summed E-state index contributed by atoms with van der Waals surface area (Å²) in [7, 11) is 0. The topological polar surface area (TPSA) is 63.2 Å². The van der Waals surface area contributed by atoms with Crippen LogP contribution < -0.4 is 15.4 Å². The van der Waals surface area contributed by atoms with Crippen LogP contribution in [0.15, 0.2) is 48.8 Å². The fourth-order valence-electron chi connectivity index (χ4n) is 2.06. The van der Waals surface area contributed by atoms with Crippen molar-refractivity contribution in [3.63, 3.8) is 0 Å². The molecular weight excluding hydrogens is 254 g/mol. The lowest BCUT2D eigenvalue weighted by Gasteiger charge is -2.26. The van der Waals surface area contributed by atoms with Crippen LogP contribution >= 0.6 is 0 Å². The van der Waals surface area contributed by atoms with Gasteiger partial charge in [-0.25, -0.2) is 0 Å². The van der Waals surface area contributed by atoms with Crippen LogP contribution in [0.5, 0.6) is 5.75 Å². The van der Waals surface area contributed by atoms with Crippen LogP contribution in [0.1, 0.15) is 5.56 Å². The molecule has 102 valence electrons. The molecule has 3 rings (SSSR count). The monoisotopic (exact) mass is 269 g/mol. The predicted octanol–water partition coefficient (Wildman–Crippen LogP) is 1.57. The van der Waals surface area contributed by atoms with Gasteiger partial charge >= 0.3 is 0 Å². The Morgan fingerprint density at radius 2 is 2.10 bits per heavy atom. The summed E-state index contributed by atoms with van der Waals surface area (Å²) in [5, 5.41) is 6.06. The molecule has 5 heteroatoms. The van der Waals surface area contributed by atoms with Crippen LogP contribution in [0.2, 0.25) is 0 Å². The van der Waals surface area contributed by atoms with Crippen LogP contribution in [0, 0.1) is 0 Å². The summed E-state index contributed by atoms with van der Waals surface area (Å²) in [5.74, 6) is 0.589. The number of hydrogen-bond donors (Lipinski definition) is 2. The maximum absolute atomic E-state index is 12.1. The Kier molecular flexibility index (Phi) is 3.50. The molecule has 1 amide bonds. The van der Waals surface area contributed by atoms with Gasteiger partial charge in [0, 0.05) is 18.9 Å². The molecule has 0 saturated carbocycles. The number of anilines is 1. The fraction of sp³-hybridized carbons (Fsp3) is 0.200. The zero-order valence-electron chi connectivity index (χ0n) is 10.9. The van der Waals surface area contributed by atoms with Crippen LogP contribution in [0.3, 0.4) is 0 Å². The number of ether oxygens (including phenoxy) is 1. The number of rotatable bonds is 3. The molecule has 1 aliphatic rings. The number of hydrogen-bond acceptors (Lipinski definition) is 4. The first-order valence-corrected chi connectivity index (χ1v) is 6.49. The van der Waals surface area contributed by atoms with Crippen molar-refractivity contribution in [2.45, 2.75) is 12.6 Å². The van der Waals surface area contributed by atoms with Gasteiger partial charge in [-0.3, -0.25) is 9.78 Å². The molecule has 2 aromatic rings. The number of carbonyl (C=O) groups is 1. The molecule has 0 radical (unpaired) electrons. The first kappa shape index (κ1) is 12.5. The summed E-state index contributed by atoms with van der Waals surface area (Å²) in [6.07, 6.45) is 2.90. The average molecular weight is 269 g/mol. The minimum absolute atomic E-state index is 0.121. The molecule has 5 nitrogen and oxygen atoms in total. The van der Waals surface area contributed by atoms with Crippen molar-refractivity contribution in [1.29, 1.82) is 0 Å². The van der Waals surface area contributed by atoms with E-state index in [1.54, 1.807) is 12.4 Å². The van der Waals surface area contributed by atoms with Crippen LogP contribution in [-0.4, -0.2) is 23.5 Å². The molecule has 0 aliphatic carbocycles. The molecule has 2 heterocycles. The second-order valence-corrected chi connectivity index (χ2v) is 4.56. The first-order chi connectivity index (χ1) is 9.83. The van der Waals surface area contributed by atoms with E-state index in [9.17, 15) is 4.79 Å². The average Bonchev–Trinajstić information content (AvgIpc) is 2.53. The summed E-state index contributed by atoms with van der Waals surface area (Å²) in [4.78, 5) is 16.0. The molecule has 0 spiro atoms. The third-order valence-electron chi connectivity index (χ3n) is 3.14. The highest BCUT2D eigenvalue weighted by Gasteiger charge is 2.25. The molecule has 1 aromatic heterocycles. The van der Waals surface area contributed by atoms with E-state index in [0.29, 0.717) is 18.8 Å². The van der Waals surface area contributed by atoms with E-state index in [1.165, 1.54) is 0 Å². The molecule has 0 saturated heterocycles. The van der Waals surface area contributed by atoms with Gasteiger partial charge in [0.1, 0.15) is 5.75 Å². The van der Waals surface area contributed by atoms with Crippen molar-refractivity contribution in [2.75, 3.05) is 11.9 Å². The van der Waals surface area contributed by atoms with Crippen LogP contribution in [-0.2, 0) is 11.3 Å². The summed E-state index contributed by atoms with van der Waals surface area (Å²) in [6, 6.07) is 11.3. The second-order valence-electron chi connectivity index (χ2n) is 4.56. The van der Waals surface area contributed by atoms with Gasteiger partial charge in [-0.2, -0.15) is 0 Å². The lowest BCUT2D eigenvalue weighted by Crippen LogP contribution is -2.44. The van der Waals surface area contributed by atoms with Gasteiger partial charge in [-0.1, -0.05) is 12.1 Å². The summed E-state index contributed by atoms with van der Waals surface area (Å²) in [5.41, 5.74) is 1.93. The molecule has 20 heavy (non-hydrogen) atoms. The minimum Gasteiger partial charge on any atom is -0.477 e. The third kappa shape index (κ3) is 2.71. The third-order valence-corrected chi connectivity index (χ3v) is 3.14. The number of carbonyl (C=O) groups excluding carboxylic acids is 1. The largest absolute Gasteiger partial charge is 0.477 e. The Morgan fingerprint density at radius 3 is 2.95 bits per heavy atom. The van der Waals surface area contributed by atoms with Gasteiger partial charge in [0.2, 0.25) is 0 Å². The zero-order chi connectivity index (χ0) is 13.8. The standard InChI is InChI=1S/C15H15N3O2/c19-15(18-9-11-5-7-16-8-6-11)14-10-17-12-3-1-2-4-13(12)20-14/h1-8,14,17H,9-10H2,(H,18,19). The van der Waals surface area contributed by atoms with Gasteiger partial charge in [0.05, 0.1) is 12.2 Å². The van der Waals surface area contributed by atoms with Gasteiger partial charge < -0.3 is 15.4 Å². The van der Waals surface area contributed by atoms with E-state index in [-0.39, 0.29) is 5.91 Å². The highest BCUT2D eigenvalue weighted by molar-refractivity contribution is 5.83. The molecule has 1 unspecified atom stereocenters. The number of nitrogens with zero attached hydrogens (tertiary/aromatic N) is 1. The lowest BCUT2D eigenvalue weighted by atomic mass is 10.2. The van der Waals surface area contributed by atoms with Crippen LogP contribution in [0.25, 0.3) is 0 Å². The maximum Gasteiger partial charge on any atom is 0.263 e. The number of para-hydroxylation sites is 2. The SMILES string of the molecule is O=C(NCc1ccncc1)C1CNc2ccccc2O1.